The van der Waals surface area contributed by atoms with Gasteiger partial charge < -0.3 is 10.6 Å². The van der Waals surface area contributed by atoms with Crippen molar-refractivity contribution in [1.82, 2.24) is 24.8 Å². The van der Waals surface area contributed by atoms with Gasteiger partial charge in [-0.05, 0) is 54.7 Å². The summed E-state index contributed by atoms with van der Waals surface area (Å²) in [4.78, 5) is 21.4. The lowest BCUT2D eigenvalue weighted by Gasteiger charge is -2.38. The molecule has 1 fully saturated rings. The third-order valence-corrected chi connectivity index (χ3v) is 7.20. The Kier molecular flexibility index (Phi) is 8.78. The number of benzene rings is 2. The number of nitrogens with two attached hydrogens (primary N) is 1. The van der Waals surface area contributed by atoms with Crippen LogP contribution in [0, 0.1) is 0 Å². The molecule has 11 heteroatoms. The number of amides is 1. The Bertz CT molecular complexity index is 1130. The van der Waals surface area contributed by atoms with Crippen LogP contribution < -0.4 is 15.4 Å². The normalized spacial score (nSPS) is 14.5. The number of hydrogen-bond donors (Lipinski definition) is 3. The fourth-order valence-electron chi connectivity index (χ4n) is 4.39. The molecule has 0 atom stereocenters. The SMILES string of the molecule is CSNC(=O)c1cc(CN(CCc2ccc(Cl)cc2)C2CCN(c3nc(N)n[nH]3)CC2)ccc1Cl. The first-order valence-electron chi connectivity index (χ1n) is 11.5. The van der Waals surface area contributed by atoms with E-state index in [-0.39, 0.29) is 11.9 Å². The highest BCUT2D eigenvalue weighted by Crippen LogP contribution is 2.25. The van der Waals surface area contributed by atoms with E-state index < -0.39 is 0 Å². The number of aromatic amines is 1. The van der Waals surface area contributed by atoms with E-state index in [1.165, 1.54) is 17.5 Å². The number of nitrogens with zero attached hydrogens (tertiary/aromatic N) is 4. The molecular weight excluding hydrogens is 505 g/mol. The Morgan fingerprint density at radius 3 is 2.57 bits per heavy atom. The maximum Gasteiger partial charge on any atom is 0.262 e. The van der Waals surface area contributed by atoms with E-state index in [4.69, 9.17) is 28.9 Å². The van der Waals surface area contributed by atoms with E-state index in [1.807, 2.05) is 30.5 Å². The number of piperidine rings is 1. The summed E-state index contributed by atoms with van der Waals surface area (Å²) >= 11 is 13.6. The Labute approximate surface area is 219 Å². The molecule has 4 rings (SSSR count). The Hall–Kier alpha value is -2.46. The van der Waals surface area contributed by atoms with Gasteiger partial charge in [0, 0.05) is 43.5 Å². The average molecular weight is 535 g/mol. The van der Waals surface area contributed by atoms with Crippen molar-refractivity contribution in [2.45, 2.75) is 31.8 Å². The van der Waals surface area contributed by atoms with Gasteiger partial charge in [-0.15, -0.1) is 5.10 Å². The van der Waals surface area contributed by atoms with Crippen LogP contribution >= 0.6 is 35.1 Å². The first kappa shape index (κ1) is 25.6. The van der Waals surface area contributed by atoms with Crippen LogP contribution in [0.4, 0.5) is 11.9 Å². The largest absolute Gasteiger partial charge is 0.366 e. The molecule has 1 amide bonds. The van der Waals surface area contributed by atoms with Gasteiger partial charge in [-0.2, -0.15) is 4.98 Å². The number of H-pyrrole nitrogens is 1. The highest BCUT2D eigenvalue weighted by atomic mass is 35.5. The second-order valence-corrected chi connectivity index (χ2v) is 9.99. The van der Waals surface area contributed by atoms with Crippen LogP contribution in [-0.4, -0.2) is 57.9 Å². The van der Waals surface area contributed by atoms with Gasteiger partial charge in [0.15, 0.2) is 0 Å². The number of nitrogens with one attached hydrogen (secondary N) is 2. The highest BCUT2D eigenvalue weighted by Gasteiger charge is 2.26. The van der Waals surface area contributed by atoms with Crippen LogP contribution in [0.1, 0.15) is 34.3 Å². The van der Waals surface area contributed by atoms with E-state index in [2.05, 4.69) is 41.8 Å². The molecule has 1 aliphatic rings. The van der Waals surface area contributed by atoms with Crippen LogP contribution in [0.15, 0.2) is 42.5 Å². The summed E-state index contributed by atoms with van der Waals surface area (Å²) in [5.41, 5.74) is 8.47. The molecule has 1 aliphatic heterocycles. The summed E-state index contributed by atoms with van der Waals surface area (Å²) in [7, 11) is 0. The summed E-state index contributed by atoms with van der Waals surface area (Å²) in [6.07, 6.45) is 4.68. The second kappa shape index (κ2) is 12.0. The van der Waals surface area contributed by atoms with Gasteiger partial charge >= 0.3 is 0 Å². The summed E-state index contributed by atoms with van der Waals surface area (Å²) in [6.45, 7) is 3.33. The number of carbonyl (C=O) groups is 1. The van der Waals surface area contributed by atoms with E-state index >= 15 is 0 Å². The van der Waals surface area contributed by atoms with Gasteiger partial charge in [0.25, 0.3) is 5.91 Å². The number of hydrogen-bond acceptors (Lipinski definition) is 7. The third kappa shape index (κ3) is 6.82. The van der Waals surface area contributed by atoms with Gasteiger partial charge in [-0.25, -0.2) is 5.10 Å². The molecule has 1 saturated heterocycles. The summed E-state index contributed by atoms with van der Waals surface area (Å²) in [6, 6.07) is 14.1. The topological polar surface area (TPSA) is 103 Å². The standard InChI is InChI=1S/C24H29Cl2N7OS/c1-35-31-22(34)20-14-17(4-7-21(20)26)15-33(11-8-16-2-5-18(25)6-3-16)19-9-12-32(13-10-19)24-28-23(27)29-30-24/h2-7,14,19H,8-13,15H2,1H3,(H,31,34)(H3,27,28,29,30). The van der Waals surface area contributed by atoms with Crippen LogP contribution in [-0.2, 0) is 13.0 Å². The molecule has 35 heavy (non-hydrogen) atoms. The average Bonchev–Trinajstić information content (AvgIpc) is 3.30. The fourth-order valence-corrected chi connectivity index (χ4v) is 5.02. The van der Waals surface area contributed by atoms with Crippen molar-refractivity contribution in [3.8, 4) is 0 Å². The minimum atomic E-state index is -0.184. The van der Waals surface area contributed by atoms with Crippen molar-refractivity contribution in [2.24, 2.45) is 0 Å². The number of nitrogen functional groups attached to an aromatic ring is 1. The first-order valence-corrected chi connectivity index (χ1v) is 13.4. The van der Waals surface area contributed by atoms with Crippen molar-refractivity contribution >= 4 is 53.0 Å². The molecule has 8 nitrogen and oxygen atoms in total. The second-order valence-electron chi connectivity index (χ2n) is 8.53. The lowest BCUT2D eigenvalue weighted by molar-refractivity contribution is 0.0984. The molecule has 0 unspecified atom stereocenters. The third-order valence-electron chi connectivity index (χ3n) is 6.23. The molecule has 0 spiro atoms. The molecular formula is C24H29Cl2N7OS. The number of anilines is 2. The maximum absolute atomic E-state index is 12.4. The molecule has 0 bridgehead atoms. The fraction of sp³-hybridized carbons (Fsp3) is 0.375. The van der Waals surface area contributed by atoms with Gasteiger partial charge in [0.05, 0.1) is 10.6 Å². The summed E-state index contributed by atoms with van der Waals surface area (Å²) < 4.78 is 2.76. The highest BCUT2D eigenvalue weighted by molar-refractivity contribution is 7.97. The van der Waals surface area contributed by atoms with Crippen LogP contribution in [0.2, 0.25) is 10.0 Å². The molecule has 0 saturated carbocycles. The summed E-state index contributed by atoms with van der Waals surface area (Å²) in [5, 5.41) is 8.05. The molecule has 0 aliphatic carbocycles. The minimum Gasteiger partial charge on any atom is -0.366 e. The zero-order chi connectivity index (χ0) is 24.8. The number of aromatic nitrogens is 3. The molecule has 3 aromatic rings. The van der Waals surface area contributed by atoms with E-state index in [0.29, 0.717) is 16.6 Å². The van der Waals surface area contributed by atoms with E-state index in [0.717, 1.165) is 62.0 Å². The Balaban J connectivity index is 1.48. The maximum atomic E-state index is 12.4. The zero-order valence-electron chi connectivity index (χ0n) is 19.5. The van der Waals surface area contributed by atoms with Crippen molar-refractivity contribution in [2.75, 3.05) is 36.5 Å². The van der Waals surface area contributed by atoms with Crippen LogP contribution in [0.25, 0.3) is 0 Å². The van der Waals surface area contributed by atoms with Gasteiger partial charge in [-0.1, -0.05) is 53.3 Å². The van der Waals surface area contributed by atoms with Crippen molar-refractivity contribution in [1.29, 1.82) is 0 Å². The number of rotatable bonds is 9. The van der Waals surface area contributed by atoms with Crippen molar-refractivity contribution in [3.05, 3.63) is 69.2 Å². The number of halogens is 2. The predicted octanol–water partition coefficient (Wildman–Crippen LogP) is 4.42. The molecule has 2 aromatic carbocycles. The van der Waals surface area contributed by atoms with Gasteiger partial charge in [-0.3, -0.25) is 14.4 Å². The van der Waals surface area contributed by atoms with Crippen LogP contribution in [0.5, 0.6) is 0 Å². The van der Waals surface area contributed by atoms with Gasteiger partial charge in [0.2, 0.25) is 11.9 Å². The van der Waals surface area contributed by atoms with Crippen molar-refractivity contribution < 1.29 is 4.79 Å². The van der Waals surface area contributed by atoms with Crippen molar-refractivity contribution in [3.63, 3.8) is 0 Å². The first-order chi connectivity index (χ1) is 16.9. The smallest absolute Gasteiger partial charge is 0.262 e. The van der Waals surface area contributed by atoms with E-state index in [1.54, 1.807) is 6.07 Å². The van der Waals surface area contributed by atoms with Crippen LogP contribution in [0.3, 0.4) is 0 Å². The molecule has 186 valence electrons. The van der Waals surface area contributed by atoms with Gasteiger partial charge in [0.1, 0.15) is 0 Å². The molecule has 4 N–H and O–H groups in total. The number of carbonyl (C=O) groups excluding carboxylic acids is 1. The monoisotopic (exact) mass is 533 g/mol. The molecule has 2 heterocycles. The molecule has 0 radical (unpaired) electrons. The minimum absolute atomic E-state index is 0.184. The van der Waals surface area contributed by atoms with E-state index in [9.17, 15) is 4.79 Å². The molecule has 1 aromatic heterocycles. The quantitative estimate of drug-likeness (QED) is 0.350. The Morgan fingerprint density at radius 1 is 1.20 bits per heavy atom. The predicted molar refractivity (Wildman–Crippen MR) is 144 cm³/mol. The summed E-state index contributed by atoms with van der Waals surface area (Å²) in [5.74, 6) is 0.795. The lowest BCUT2D eigenvalue weighted by Crippen LogP contribution is -2.45. The lowest BCUT2D eigenvalue weighted by atomic mass is 10.0. The Morgan fingerprint density at radius 2 is 1.91 bits per heavy atom. The zero-order valence-corrected chi connectivity index (χ0v) is 21.8.